The van der Waals surface area contributed by atoms with Gasteiger partial charge < -0.3 is 11.1 Å². The van der Waals surface area contributed by atoms with E-state index in [1.54, 1.807) is 4.68 Å². The summed E-state index contributed by atoms with van der Waals surface area (Å²) in [6.45, 7) is 0.663. The molecule has 0 radical (unpaired) electrons. The number of amidine groups is 1. The van der Waals surface area contributed by atoms with Gasteiger partial charge >= 0.3 is 0 Å². The van der Waals surface area contributed by atoms with Crippen LogP contribution in [0.15, 0.2) is 23.3 Å². The Labute approximate surface area is 133 Å². The predicted octanol–water partition coefficient (Wildman–Crippen LogP) is 2.06. The van der Waals surface area contributed by atoms with E-state index >= 15 is 0 Å². The highest BCUT2D eigenvalue weighted by Gasteiger charge is 2.47. The number of halogens is 1. The molecule has 3 N–H and O–H groups in total. The van der Waals surface area contributed by atoms with Crippen LogP contribution in [0, 0.1) is 0 Å². The van der Waals surface area contributed by atoms with E-state index in [9.17, 15) is 0 Å². The number of rotatable bonds is 3. The van der Waals surface area contributed by atoms with Gasteiger partial charge in [0.15, 0.2) is 0 Å². The smallest absolute Gasteiger partial charge is 0.110 e. The third-order valence-electron chi connectivity index (χ3n) is 4.66. The zero-order chi connectivity index (χ0) is 15.3. The van der Waals surface area contributed by atoms with Crippen LogP contribution in [0.2, 0.25) is 5.02 Å². The van der Waals surface area contributed by atoms with Crippen molar-refractivity contribution >= 4 is 23.1 Å². The Morgan fingerprint density at radius 2 is 2.23 bits per heavy atom. The van der Waals surface area contributed by atoms with E-state index in [-0.39, 0.29) is 5.41 Å². The summed E-state index contributed by atoms with van der Waals surface area (Å²) in [5, 5.41) is 12.0. The zero-order valence-corrected chi connectivity index (χ0v) is 13.1. The third kappa shape index (κ3) is 1.80. The van der Waals surface area contributed by atoms with Crippen LogP contribution in [-0.4, -0.2) is 27.9 Å². The summed E-state index contributed by atoms with van der Waals surface area (Å²) in [7, 11) is 1.87. The van der Waals surface area contributed by atoms with Crippen LogP contribution in [0.1, 0.15) is 30.5 Å². The summed E-state index contributed by atoms with van der Waals surface area (Å²) in [4.78, 5) is 4.56. The first-order valence-electron chi connectivity index (χ1n) is 7.39. The Bertz CT molecular complexity index is 774. The summed E-state index contributed by atoms with van der Waals surface area (Å²) in [6, 6.07) is 3.95. The highest BCUT2D eigenvalue weighted by atomic mass is 35.5. The van der Waals surface area contributed by atoms with Gasteiger partial charge in [0.2, 0.25) is 0 Å². The minimum absolute atomic E-state index is 0.0723. The van der Waals surface area contributed by atoms with Gasteiger partial charge in [-0.15, -0.1) is 5.10 Å². The molecule has 2 heterocycles. The molecule has 0 bridgehead atoms. The van der Waals surface area contributed by atoms with Gasteiger partial charge in [0.25, 0.3) is 0 Å². The second-order valence-corrected chi connectivity index (χ2v) is 6.35. The van der Waals surface area contributed by atoms with Crippen molar-refractivity contribution in [3.63, 3.8) is 0 Å². The molecule has 1 fully saturated rings. The summed E-state index contributed by atoms with van der Waals surface area (Å²) in [6.07, 6.45) is 5.16. The molecule has 0 saturated heterocycles. The van der Waals surface area contributed by atoms with E-state index in [0.29, 0.717) is 11.6 Å². The number of fused-ring (bicyclic) bond motifs is 2. The number of hydrogen-bond acceptors (Lipinski definition) is 5. The molecule has 2 aliphatic rings. The Kier molecular flexibility index (Phi) is 2.99. The summed E-state index contributed by atoms with van der Waals surface area (Å²) < 4.78 is 1.69. The molecule has 1 aromatic heterocycles. The van der Waals surface area contributed by atoms with Crippen molar-refractivity contribution in [2.24, 2.45) is 10.7 Å². The van der Waals surface area contributed by atoms with Crippen LogP contribution >= 0.6 is 11.6 Å². The molecule has 2 aromatic rings. The van der Waals surface area contributed by atoms with Crippen molar-refractivity contribution in [3.05, 3.63) is 34.6 Å². The SMILES string of the molecule is CNCc1cn(-c2cc3c(cc2Cl)C2(CCC2)C(N)=N3)nn1. The van der Waals surface area contributed by atoms with Crippen LogP contribution in [0.25, 0.3) is 5.69 Å². The Morgan fingerprint density at radius 3 is 2.91 bits per heavy atom. The molecule has 1 saturated carbocycles. The van der Waals surface area contributed by atoms with Crippen molar-refractivity contribution < 1.29 is 0 Å². The molecule has 1 spiro atoms. The number of nitrogens with zero attached hydrogens (tertiary/aromatic N) is 4. The number of benzene rings is 1. The lowest BCUT2D eigenvalue weighted by atomic mass is 9.64. The molecular weight excluding hydrogens is 300 g/mol. The van der Waals surface area contributed by atoms with Gasteiger partial charge in [-0.1, -0.05) is 23.2 Å². The summed E-state index contributed by atoms with van der Waals surface area (Å²) in [5.74, 6) is 0.719. The number of hydrogen-bond donors (Lipinski definition) is 2. The molecule has 4 rings (SSSR count). The molecule has 0 unspecified atom stereocenters. The highest BCUT2D eigenvalue weighted by molar-refractivity contribution is 6.32. The molecule has 0 amide bonds. The lowest BCUT2D eigenvalue weighted by Gasteiger charge is -2.38. The monoisotopic (exact) mass is 316 g/mol. The van der Waals surface area contributed by atoms with Crippen LogP contribution < -0.4 is 11.1 Å². The second kappa shape index (κ2) is 4.79. The first-order chi connectivity index (χ1) is 10.6. The average Bonchev–Trinajstić information content (AvgIpc) is 2.99. The fourth-order valence-electron chi connectivity index (χ4n) is 3.31. The van der Waals surface area contributed by atoms with Crippen LogP contribution in [0.3, 0.4) is 0 Å². The van der Waals surface area contributed by atoms with E-state index in [1.807, 2.05) is 25.4 Å². The maximum atomic E-state index is 6.49. The predicted molar refractivity (Wildman–Crippen MR) is 85.9 cm³/mol. The standard InChI is InChI=1S/C15H17ClN6/c1-18-7-9-8-22(21-20-9)13-6-12-10(5-11(13)16)15(3-2-4-15)14(17)19-12/h5-6,8,18H,2-4,7H2,1H3,(H2,17,19). The van der Waals surface area contributed by atoms with Crippen molar-refractivity contribution in [1.82, 2.24) is 20.3 Å². The third-order valence-corrected chi connectivity index (χ3v) is 4.97. The molecule has 6 nitrogen and oxygen atoms in total. The average molecular weight is 317 g/mol. The number of aliphatic imine (C=N–C) groups is 1. The Balaban J connectivity index is 1.78. The molecule has 7 heteroatoms. The van der Waals surface area contributed by atoms with Crippen LogP contribution in [0.4, 0.5) is 5.69 Å². The van der Waals surface area contributed by atoms with Gasteiger partial charge in [-0.2, -0.15) is 0 Å². The van der Waals surface area contributed by atoms with Gasteiger partial charge in [0.05, 0.1) is 33.7 Å². The van der Waals surface area contributed by atoms with Crippen molar-refractivity contribution in [1.29, 1.82) is 0 Å². The fraction of sp³-hybridized carbons (Fsp3) is 0.400. The number of nitrogens with one attached hydrogen (secondary N) is 1. The van der Waals surface area contributed by atoms with Crippen molar-refractivity contribution in [2.75, 3.05) is 7.05 Å². The van der Waals surface area contributed by atoms with E-state index in [4.69, 9.17) is 17.3 Å². The highest BCUT2D eigenvalue weighted by Crippen LogP contribution is 2.52. The lowest BCUT2D eigenvalue weighted by molar-refractivity contribution is 0.344. The fourth-order valence-corrected chi connectivity index (χ4v) is 3.56. The first-order valence-corrected chi connectivity index (χ1v) is 7.77. The second-order valence-electron chi connectivity index (χ2n) is 5.94. The van der Waals surface area contributed by atoms with Gasteiger partial charge in [-0.05, 0) is 37.6 Å². The molecule has 1 aromatic carbocycles. The van der Waals surface area contributed by atoms with Gasteiger partial charge in [-0.3, -0.25) is 0 Å². The van der Waals surface area contributed by atoms with E-state index in [0.717, 1.165) is 41.3 Å². The number of nitrogens with two attached hydrogens (primary N) is 1. The largest absolute Gasteiger partial charge is 0.386 e. The minimum atomic E-state index is -0.0723. The molecule has 1 aliphatic carbocycles. The van der Waals surface area contributed by atoms with E-state index < -0.39 is 0 Å². The van der Waals surface area contributed by atoms with E-state index in [1.165, 1.54) is 6.42 Å². The van der Waals surface area contributed by atoms with Crippen molar-refractivity contribution in [2.45, 2.75) is 31.2 Å². The quantitative estimate of drug-likeness (QED) is 0.908. The maximum Gasteiger partial charge on any atom is 0.110 e. The van der Waals surface area contributed by atoms with Crippen LogP contribution in [0.5, 0.6) is 0 Å². The first kappa shape index (κ1) is 13.7. The zero-order valence-electron chi connectivity index (χ0n) is 12.3. The molecule has 1 aliphatic heterocycles. The minimum Gasteiger partial charge on any atom is -0.386 e. The van der Waals surface area contributed by atoms with Crippen LogP contribution in [-0.2, 0) is 12.0 Å². The normalized spacial score (nSPS) is 18.2. The lowest BCUT2D eigenvalue weighted by Crippen LogP contribution is -2.44. The molecule has 22 heavy (non-hydrogen) atoms. The van der Waals surface area contributed by atoms with Gasteiger partial charge in [-0.25, -0.2) is 9.67 Å². The van der Waals surface area contributed by atoms with Gasteiger partial charge in [0.1, 0.15) is 5.84 Å². The molecule has 114 valence electrons. The van der Waals surface area contributed by atoms with Gasteiger partial charge in [0, 0.05) is 6.54 Å². The van der Waals surface area contributed by atoms with E-state index in [2.05, 4.69) is 20.6 Å². The molecule has 0 atom stereocenters. The summed E-state index contributed by atoms with van der Waals surface area (Å²) >= 11 is 6.49. The molecular formula is C15H17ClN6. The van der Waals surface area contributed by atoms with Crippen molar-refractivity contribution in [3.8, 4) is 5.69 Å². The Hall–Kier alpha value is -1.92. The Morgan fingerprint density at radius 1 is 1.41 bits per heavy atom. The number of aromatic nitrogens is 3. The maximum absolute atomic E-state index is 6.49. The summed E-state index contributed by atoms with van der Waals surface area (Å²) in [5.41, 5.74) is 9.80. The topological polar surface area (TPSA) is 81.1 Å².